The second-order valence-electron chi connectivity index (χ2n) is 25.6. The van der Waals surface area contributed by atoms with Crippen LogP contribution in [0.25, 0.3) is 0 Å². The van der Waals surface area contributed by atoms with Gasteiger partial charge in [-0.05, 0) is 57.8 Å². The monoisotopic (exact) mass is 1170 g/mol. The van der Waals surface area contributed by atoms with Crippen LogP contribution in [-0.4, -0.2) is 37.2 Å². The topological polar surface area (TPSA) is 78.9 Å². The van der Waals surface area contributed by atoms with Crippen LogP contribution in [0.3, 0.4) is 0 Å². The summed E-state index contributed by atoms with van der Waals surface area (Å²) in [5.74, 6) is -0.829. The Bertz CT molecular complexity index is 1380. The first-order chi connectivity index (χ1) is 41.0. The molecule has 0 aliphatic heterocycles. The van der Waals surface area contributed by atoms with E-state index < -0.39 is 6.10 Å². The lowest BCUT2D eigenvalue weighted by atomic mass is 10.0. The molecule has 1 unspecified atom stereocenters. The van der Waals surface area contributed by atoms with Gasteiger partial charge in [-0.2, -0.15) is 0 Å². The van der Waals surface area contributed by atoms with E-state index in [1.165, 1.54) is 308 Å². The Morgan fingerprint density at radius 1 is 0.241 bits per heavy atom. The van der Waals surface area contributed by atoms with Crippen molar-refractivity contribution in [3.05, 3.63) is 36.5 Å². The number of ether oxygens (including phenoxy) is 3. The maximum Gasteiger partial charge on any atom is 0.306 e. The molecule has 1 atom stereocenters. The van der Waals surface area contributed by atoms with Gasteiger partial charge in [-0.1, -0.05) is 378 Å². The van der Waals surface area contributed by atoms with E-state index in [4.69, 9.17) is 14.2 Å². The molecule has 0 bridgehead atoms. The highest BCUT2D eigenvalue weighted by molar-refractivity contribution is 5.71. The summed E-state index contributed by atoms with van der Waals surface area (Å²) in [6, 6.07) is 0. The zero-order valence-electron chi connectivity index (χ0n) is 56.2. The molecule has 0 saturated carbocycles. The normalized spacial score (nSPS) is 12.2. The molecule has 0 aliphatic carbocycles. The molecule has 0 rings (SSSR count). The van der Waals surface area contributed by atoms with Gasteiger partial charge in [-0.3, -0.25) is 14.4 Å². The fraction of sp³-hybridized carbons (Fsp3) is 0.883. The van der Waals surface area contributed by atoms with E-state index in [0.29, 0.717) is 19.3 Å². The number of carbonyl (C=O) groups is 3. The summed E-state index contributed by atoms with van der Waals surface area (Å²) >= 11 is 0. The molecule has 0 saturated heterocycles. The third-order valence-corrected chi connectivity index (χ3v) is 17.1. The van der Waals surface area contributed by atoms with E-state index in [0.717, 1.165) is 70.6 Å². The number of esters is 3. The molecule has 0 aromatic heterocycles. The molecule has 6 nitrogen and oxygen atoms in total. The van der Waals surface area contributed by atoms with Crippen LogP contribution in [0.15, 0.2) is 36.5 Å². The van der Waals surface area contributed by atoms with Crippen LogP contribution in [0.4, 0.5) is 0 Å². The van der Waals surface area contributed by atoms with Crippen LogP contribution < -0.4 is 0 Å². The quantitative estimate of drug-likeness (QED) is 0.0261. The van der Waals surface area contributed by atoms with Crippen molar-refractivity contribution in [2.75, 3.05) is 13.2 Å². The molecule has 6 heteroatoms. The van der Waals surface area contributed by atoms with Gasteiger partial charge in [-0.25, -0.2) is 0 Å². The molecule has 83 heavy (non-hydrogen) atoms. The average molecular weight is 1170 g/mol. The predicted molar refractivity (Wildman–Crippen MR) is 362 cm³/mol. The SMILES string of the molecule is CCCCCCC/C=C\C/C=C\C/C=C\CCCCCCCCCCCCCCCCC(=O)OCC(COC(=O)CCCCCCCCCCCCCCCCCC)OC(=O)CCCCCCCCCCCCCCCCCCCCCC. The Balaban J connectivity index is 4.23. The lowest BCUT2D eigenvalue weighted by Gasteiger charge is -2.18. The van der Waals surface area contributed by atoms with Crippen LogP contribution in [0.2, 0.25) is 0 Å². The van der Waals surface area contributed by atoms with Crippen LogP contribution in [0, 0.1) is 0 Å². The molecule has 0 aliphatic rings. The van der Waals surface area contributed by atoms with Gasteiger partial charge in [0.05, 0.1) is 0 Å². The highest BCUT2D eigenvalue weighted by Gasteiger charge is 2.20. The maximum absolute atomic E-state index is 13.0. The molecule has 0 aromatic rings. The number of rotatable bonds is 70. The molecule has 0 fully saturated rings. The molecule has 0 heterocycles. The molecule has 0 aromatic carbocycles. The first-order valence-corrected chi connectivity index (χ1v) is 37.5. The molecule has 0 amide bonds. The summed E-state index contributed by atoms with van der Waals surface area (Å²) in [4.78, 5) is 38.5. The number of hydrogen-bond donors (Lipinski definition) is 0. The lowest BCUT2D eigenvalue weighted by molar-refractivity contribution is -0.167. The van der Waals surface area contributed by atoms with Crippen LogP contribution >= 0.6 is 0 Å². The van der Waals surface area contributed by atoms with Crippen molar-refractivity contribution in [1.82, 2.24) is 0 Å². The Kier molecular flexibility index (Phi) is 70.0. The first kappa shape index (κ1) is 80.6. The van der Waals surface area contributed by atoms with E-state index >= 15 is 0 Å². The standard InChI is InChI=1S/C77H144O6/c1-4-7-10-13-16-19-22-25-28-31-33-35-36-37-38-39-40-41-42-43-45-46-49-52-55-58-61-64-67-70-76(79)82-73-74(72-81-75(78)69-66-63-60-57-54-51-48-30-27-24-21-18-15-12-9-6-3)83-77(80)71-68-65-62-59-56-53-50-47-44-34-32-29-26-23-20-17-14-11-8-5-2/h22,25,31,33,36-37,74H,4-21,23-24,26-30,32,34-35,38-73H2,1-3H3/b25-22-,33-31-,37-36-. The Morgan fingerprint density at radius 3 is 0.675 bits per heavy atom. The molecule has 0 radical (unpaired) electrons. The number of unbranched alkanes of at least 4 members (excludes halogenated alkanes) is 53. The molecular weight excluding hydrogens is 1020 g/mol. The van der Waals surface area contributed by atoms with Crippen molar-refractivity contribution in [3.63, 3.8) is 0 Å². The van der Waals surface area contributed by atoms with E-state index in [9.17, 15) is 14.4 Å². The summed E-state index contributed by atoms with van der Waals surface area (Å²) in [7, 11) is 0. The van der Waals surface area contributed by atoms with Gasteiger partial charge in [0.1, 0.15) is 13.2 Å². The minimum absolute atomic E-state index is 0.0647. The van der Waals surface area contributed by atoms with Crippen LogP contribution in [0.1, 0.15) is 419 Å². The van der Waals surface area contributed by atoms with Gasteiger partial charge in [0, 0.05) is 19.3 Å². The Hall–Kier alpha value is -2.37. The van der Waals surface area contributed by atoms with Gasteiger partial charge in [0.15, 0.2) is 6.10 Å². The van der Waals surface area contributed by atoms with Crippen LogP contribution in [-0.2, 0) is 28.6 Å². The average Bonchev–Trinajstić information content (AvgIpc) is 3.50. The molecule has 0 spiro atoms. The van der Waals surface area contributed by atoms with Gasteiger partial charge in [0.2, 0.25) is 0 Å². The molecular formula is C77H144O6. The first-order valence-electron chi connectivity index (χ1n) is 37.5. The summed E-state index contributed by atoms with van der Waals surface area (Å²) in [6.07, 6.45) is 90.4. The van der Waals surface area contributed by atoms with Crippen molar-refractivity contribution in [3.8, 4) is 0 Å². The van der Waals surface area contributed by atoms with Gasteiger partial charge in [-0.15, -0.1) is 0 Å². The number of carbonyl (C=O) groups excluding carboxylic acids is 3. The highest BCUT2D eigenvalue weighted by atomic mass is 16.6. The smallest absolute Gasteiger partial charge is 0.306 e. The van der Waals surface area contributed by atoms with E-state index in [-0.39, 0.29) is 31.1 Å². The summed E-state index contributed by atoms with van der Waals surface area (Å²) < 4.78 is 17.0. The Labute approximate surface area is 518 Å². The highest BCUT2D eigenvalue weighted by Crippen LogP contribution is 2.19. The van der Waals surface area contributed by atoms with E-state index in [1.807, 2.05) is 0 Å². The molecule has 488 valence electrons. The van der Waals surface area contributed by atoms with Crippen molar-refractivity contribution >= 4 is 17.9 Å². The third kappa shape index (κ3) is 70.3. The van der Waals surface area contributed by atoms with Crippen molar-refractivity contribution < 1.29 is 28.6 Å². The number of hydrogen-bond acceptors (Lipinski definition) is 6. The number of allylic oxidation sites excluding steroid dienone is 6. The van der Waals surface area contributed by atoms with Crippen molar-refractivity contribution in [2.24, 2.45) is 0 Å². The minimum atomic E-state index is -0.769. The van der Waals surface area contributed by atoms with E-state index in [2.05, 4.69) is 57.2 Å². The summed E-state index contributed by atoms with van der Waals surface area (Å²) in [5.41, 5.74) is 0. The van der Waals surface area contributed by atoms with Crippen molar-refractivity contribution in [1.29, 1.82) is 0 Å². The summed E-state index contributed by atoms with van der Waals surface area (Å²) in [6.45, 7) is 6.72. The fourth-order valence-electron chi connectivity index (χ4n) is 11.5. The third-order valence-electron chi connectivity index (χ3n) is 17.1. The van der Waals surface area contributed by atoms with Gasteiger partial charge >= 0.3 is 17.9 Å². The maximum atomic E-state index is 13.0. The fourth-order valence-corrected chi connectivity index (χ4v) is 11.5. The minimum Gasteiger partial charge on any atom is -0.462 e. The predicted octanol–water partition coefficient (Wildman–Crippen LogP) is 25.9. The zero-order chi connectivity index (χ0) is 59.9. The zero-order valence-corrected chi connectivity index (χ0v) is 56.2. The molecule has 0 N–H and O–H groups in total. The Morgan fingerprint density at radius 2 is 0.434 bits per heavy atom. The van der Waals surface area contributed by atoms with Crippen molar-refractivity contribution in [2.45, 2.75) is 425 Å². The second-order valence-corrected chi connectivity index (χ2v) is 25.6. The largest absolute Gasteiger partial charge is 0.462 e. The van der Waals surface area contributed by atoms with E-state index in [1.54, 1.807) is 0 Å². The lowest BCUT2D eigenvalue weighted by Crippen LogP contribution is -2.30. The summed E-state index contributed by atoms with van der Waals surface area (Å²) in [5, 5.41) is 0. The second kappa shape index (κ2) is 72.1. The van der Waals surface area contributed by atoms with Gasteiger partial charge in [0.25, 0.3) is 0 Å². The van der Waals surface area contributed by atoms with Crippen LogP contribution in [0.5, 0.6) is 0 Å². The van der Waals surface area contributed by atoms with Gasteiger partial charge < -0.3 is 14.2 Å².